The first-order valence-corrected chi connectivity index (χ1v) is 6.64. The second-order valence-electron chi connectivity index (χ2n) is 4.26. The van der Waals surface area contributed by atoms with E-state index >= 15 is 0 Å². The van der Waals surface area contributed by atoms with Gasteiger partial charge in [0.25, 0.3) is 0 Å². The van der Waals surface area contributed by atoms with Gasteiger partial charge in [-0.15, -0.1) is 11.3 Å². The van der Waals surface area contributed by atoms with Crippen molar-refractivity contribution in [3.8, 4) is 5.75 Å². The van der Waals surface area contributed by atoms with Gasteiger partial charge in [0.05, 0.1) is 12.6 Å². The molecule has 0 amide bonds. The minimum absolute atomic E-state index is 0.0592. The molecule has 4 nitrogen and oxygen atoms in total. The molecule has 1 atom stereocenters. The SMILES string of the molecule is COc1c(C)cnc(CC(N)c2cncs2)c1C. The summed E-state index contributed by atoms with van der Waals surface area (Å²) >= 11 is 1.57. The third-order valence-corrected chi connectivity index (χ3v) is 3.89. The van der Waals surface area contributed by atoms with Crippen molar-refractivity contribution in [2.24, 2.45) is 5.73 Å². The van der Waals surface area contributed by atoms with Gasteiger partial charge >= 0.3 is 0 Å². The van der Waals surface area contributed by atoms with Crippen LogP contribution in [0.5, 0.6) is 5.75 Å². The molecule has 2 N–H and O–H groups in total. The van der Waals surface area contributed by atoms with Crippen molar-refractivity contribution in [1.29, 1.82) is 0 Å². The standard InChI is InChI=1S/C13H17N3OS/c1-8-5-16-11(9(2)13(8)17-3)4-10(14)12-6-15-7-18-12/h5-7,10H,4,14H2,1-3H3. The van der Waals surface area contributed by atoms with Crippen LogP contribution in [0.1, 0.15) is 27.7 Å². The highest BCUT2D eigenvalue weighted by atomic mass is 32.1. The molecule has 0 saturated carbocycles. The first kappa shape index (κ1) is 13.0. The highest BCUT2D eigenvalue weighted by Crippen LogP contribution is 2.27. The number of nitrogens with zero attached hydrogens (tertiary/aromatic N) is 2. The number of hydrogen-bond acceptors (Lipinski definition) is 5. The lowest BCUT2D eigenvalue weighted by molar-refractivity contribution is 0.406. The molecule has 2 aromatic rings. The summed E-state index contributed by atoms with van der Waals surface area (Å²) in [5, 5.41) is 0. The number of methoxy groups -OCH3 is 1. The van der Waals surface area contributed by atoms with E-state index in [0.717, 1.165) is 27.4 Å². The highest BCUT2D eigenvalue weighted by Gasteiger charge is 2.14. The molecular formula is C13H17N3OS. The Labute approximate surface area is 111 Å². The van der Waals surface area contributed by atoms with Crippen LogP contribution >= 0.6 is 11.3 Å². The molecule has 0 bridgehead atoms. The normalized spacial score (nSPS) is 12.4. The van der Waals surface area contributed by atoms with Crippen molar-refractivity contribution in [2.45, 2.75) is 26.3 Å². The van der Waals surface area contributed by atoms with E-state index in [1.165, 1.54) is 0 Å². The van der Waals surface area contributed by atoms with E-state index in [9.17, 15) is 0 Å². The average molecular weight is 263 g/mol. The summed E-state index contributed by atoms with van der Waals surface area (Å²) < 4.78 is 5.40. The van der Waals surface area contributed by atoms with E-state index in [1.807, 2.05) is 26.2 Å². The molecular weight excluding hydrogens is 246 g/mol. The monoisotopic (exact) mass is 263 g/mol. The molecule has 0 fully saturated rings. The lowest BCUT2D eigenvalue weighted by Gasteiger charge is -2.14. The van der Waals surface area contributed by atoms with E-state index in [-0.39, 0.29) is 6.04 Å². The number of pyridine rings is 1. The topological polar surface area (TPSA) is 61.0 Å². The summed E-state index contributed by atoms with van der Waals surface area (Å²) in [6.45, 7) is 4.01. The summed E-state index contributed by atoms with van der Waals surface area (Å²) in [6, 6.07) is -0.0592. The molecule has 0 saturated heterocycles. The van der Waals surface area contributed by atoms with Gasteiger partial charge in [0.15, 0.2) is 0 Å². The molecule has 0 spiro atoms. The minimum atomic E-state index is -0.0592. The summed E-state index contributed by atoms with van der Waals surface area (Å²) in [5.41, 5.74) is 11.1. The van der Waals surface area contributed by atoms with Gasteiger partial charge in [0, 0.05) is 46.6 Å². The van der Waals surface area contributed by atoms with Gasteiger partial charge in [-0.3, -0.25) is 9.97 Å². The predicted octanol–water partition coefficient (Wildman–Crippen LogP) is 2.41. The fourth-order valence-electron chi connectivity index (χ4n) is 1.99. The van der Waals surface area contributed by atoms with Crippen molar-refractivity contribution in [1.82, 2.24) is 9.97 Å². The lowest BCUT2D eigenvalue weighted by Crippen LogP contribution is -2.14. The minimum Gasteiger partial charge on any atom is -0.496 e. The van der Waals surface area contributed by atoms with Crippen LogP contribution in [-0.2, 0) is 6.42 Å². The molecule has 18 heavy (non-hydrogen) atoms. The summed E-state index contributed by atoms with van der Waals surface area (Å²) in [5.74, 6) is 0.900. The Balaban J connectivity index is 2.24. The van der Waals surface area contributed by atoms with Crippen LogP contribution in [0.25, 0.3) is 0 Å². The van der Waals surface area contributed by atoms with Crippen molar-refractivity contribution in [3.63, 3.8) is 0 Å². The molecule has 0 aromatic carbocycles. The molecule has 2 heterocycles. The largest absolute Gasteiger partial charge is 0.496 e. The molecule has 0 aliphatic carbocycles. The molecule has 96 valence electrons. The van der Waals surface area contributed by atoms with E-state index in [1.54, 1.807) is 24.0 Å². The van der Waals surface area contributed by atoms with Crippen molar-refractivity contribution in [2.75, 3.05) is 7.11 Å². The first-order valence-electron chi connectivity index (χ1n) is 5.76. The maximum atomic E-state index is 6.16. The molecule has 2 rings (SSSR count). The molecule has 0 aliphatic rings. The van der Waals surface area contributed by atoms with E-state index in [0.29, 0.717) is 6.42 Å². The predicted molar refractivity (Wildman–Crippen MR) is 73.0 cm³/mol. The summed E-state index contributed by atoms with van der Waals surface area (Å²) in [6.07, 6.45) is 4.35. The second kappa shape index (κ2) is 5.46. The Bertz CT molecular complexity index is 525. The van der Waals surface area contributed by atoms with E-state index in [4.69, 9.17) is 10.5 Å². The van der Waals surface area contributed by atoms with Gasteiger partial charge in [-0.1, -0.05) is 0 Å². The highest BCUT2D eigenvalue weighted by molar-refractivity contribution is 7.09. The molecule has 5 heteroatoms. The third-order valence-electron chi connectivity index (χ3n) is 2.98. The number of hydrogen-bond donors (Lipinski definition) is 1. The van der Waals surface area contributed by atoms with E-state index < -0.39 is 0 Å². The van der Waals surface area contributed by atoms with Crippen molar-refractivity contribution < 1.29 is 4.74 Å². The van der Waals surface area contributed by atoms with Crippen LogP contribution < -0.4 is 10.5 Å². The lowest BCUT2D eigenvalue weighted by atomic mass is 10.0. The molecule has 2 aromatic heterocycles. The second-order valence-corrected chi connectivity index (χ2v) is 5.18. The third kappa shape index (κ3) is 2.52. The fraction of sp³-hybridized carbons (Fsp3) is 0.385. The summed E-state index contributed by atoms with van der Waals surface area (Å²) in [7, 11) is 1.68. The maximum Gasteiger partial charge on any atom is 0.128 e. The molecule has 0 aliphatic heterocycles. The van der Waals surface area contributed by atoms with E-state index in [2.05, 4.69) is 9.97 Å². The average Bonchev–Trinajstić information content (AvgIpc) is 2.87. The van der Waals surface area contributed by atoms with Crippen molar-refractivity contribution >= 4 is 11.3 Å². The van der Waals surface area contributed by atoms with Gasteiger partial charge in [-0.05, 0) is 13.8 Å². The van der Waals surface area contributed by atoms with Gasteiger partial charge in [-0.25, -0.2) is 0 Å². The Morgan fingerprint density at radius 1 is 1.39 bits per heavy atom. The Morgan fingerprint density at radius 3 is 2.78 bits per heavy atom. The maximum absolute atomic E-state index is 6.16. The van der Waals surface area contributed by atoms with Crippen LogP contribution in [0.15, 0.2) is 17.9 Å². The van der Waals surface area contributed by atoms with Gasteiger partial charge < -0.3 is 10.5 Å². The number of aryl methyl sites for hydroxylation is 1. The van der Waals surface area contributed by atoms with Gasteiger partial charge in [-0.2, -0.15) is 0 Å². The fourth-order valence-corrected chi connectivity index (χ4v) is 2.62. The number of thiazole rings is 1. The van der Waals surface area contributed by atoms with Gasteiger partial charge in [0.2, 0.25) is 0 Å². The van der Waals surface area contributed by atoms with Crippen LogP contribution in [0.2, 0.25) is 0 Å². The number of ether oxygens (including phenoxy) is 1. The van der Waals surface area contributed by atoms with Crippen LogP contribution in [0.3, 0.4) is 0 Å². The Hall–Kier alpha value is -1.46. The van der Waals surface area contributed by atoms with Crippen LogP contribution in [0, 0.1) is 13.8 Å². The number of aromatic nitrogens is 2. The molecule has 0 radical (unpaired) electrons. The smallest absolute Gasteiger partial charge is 0.128 e. The zero-order chi connectivity index (χ0) is 13.1. The van der Waals surface area contributed by atoms with Gasteiger partial charge in [0.1, 0.15) is 5.75 Å². The Kier molecular flexibility index (Phi) is 3.93. The Morgan fingerprint density at radius 2 is 2.17 bits per heavy atom. The van der Waals surface area contributed by atoms with Crippen molar-refractivity contribution in [3.05, 3.63) is 39.6 Å². The zero-order valence-electron chi connectivity index (χ0n) is 10.8. The number of rotatable bonds is 4. The summed E-state index contributed by atoms with van der Waals surface area (Å²) in [4.78, 5) is 9.59. The quantitative estimate of drug-likeness (QED) is 0.920. The van der Waals surface area contributed by atoms with Crippen LogP contribution in [0.4, 0.5) is 0 Å². The zero-order valence-corrected chi connectivity index (χ0v) is 11.6. The van der Waals surface area contributed by atoms with Crippen LogP contribution in [-0.4, -0.2) is 17.1 Å². The first-order chi connectivity index (χ1) is 8.63. The number of nitrogens with two attached hydrogens (primary N) is 1. The molecule has 1 unspecified atom stereocenters.